The summed E-state index contributed by atoms with van der Waals surface area (Å²) in [5, 5.41) is 0. The second-order valence-electron chi connectivity index (χ2n) is 11.1. The van der Waals surface area contributed by atoms with Crippen molar-refractivity contribution < 1.29 is 9.53 Å². The lowest BCUT2D eigenvalue weighted by Crippen LogP contribution is -2.29. The van der Waals surface area contributed by atoms with E-state index < -0.39 is 0 Å². The van der Waals surface area contributed by atoms with E-state index in [1.54, 1.807) is 0 Å². The number of nitrogens with zero attached hydrogens (tertiary/aromatic N) is 2. The molecule has 40 heavy (non-hydrogen) atoms. The van der Waals surface area contributed by atoms with Crippen LogP contribution >= 0.6 is 11.8 Å². The number of rotatable bonds is 20. The second kappa shape index (κ2) is 18.9. The van der Waals surface area contributed by atoms with Crippen LogP contribution in [-0.4, -0.2) is 23.3 Å². The summed E-state index contributed by atoms with van der Waals surface area (Å²) >= 11 is 1.87. The second-order valence-corrected chi connectivity index (χ2v) is 12.3. The maximum Gasteiger partial charge on any atom is 0.227 e. The normalized spacial score (nSPS) is 13.0. The Kier molecular flexibility index (Phi) is 15.1. The first-order valence-corrected chi connectivity index (χ1v) is 16.7. The maximum absolute atomic E-state index is 12.9. The van der Waals surface area contributed by atoms with E-state index in [9.17, 15) is 4.79 Å². The lowest BCUT2D eigenvalue weighted by atomic mass is 10.1. The molecule has 5 heteroatoms. The largest absolute Gasteiger partial charge is 0.494 e. The Labute approximate surface area is 248 Å². The molecule has 2 aromatic carbocycles. The first kappa shape index (κ1) is 32.1. The van der Waals surface area contributed by atoms with E-state index in [-0.39, 0.29) is 5.91 Å². The predicted octanol–water partition coefficient (Wildman–Crippen LogP) is 10.1. The quantitative estimate of drug-likeness (QED) is 0.150. The van der Waals surface area contributed by atoms with E-state index in [1.807, 2.05) is 41.8 Å². The molecule has 2 aromatic rings. The third-order valence-corrected chi connectivity index (χ3v) is 8.59. The molecule has 1 aliphatic heterocycles. The van der Waals surface area contributed by atoms with Crippen LogP contribution in [-0.2, 0) is 17.9 Å². The number of carbonyl (C=O) groups is 1. The van der Waals surface area contributed by atoms with Crippen LogP contribution in [0.4, 0.5) is 5.69 Å². The molecule has 1 amide bonds. The van der Waals surface area contributed by atoms with Crippen LogP contribution in [0.5, 0.6) is 5.75 Å². The van der Waals surface area contributed by atoms with Crippen molar-refractivity contribution in [1.29, 1.82) is 0 Å². The molecule has 0 spiro atoms. The molecular weight excluding hydrogens is 512 g/mol. The SMILES string of the molecule is CCCCCCCCCCCCCCOc1ccc(CN(C(=O)CC)c2cccc(CN3C=C(C)SC3)c2)cc1. The van der Waals surface area contributed by atoms with Crippen molar-refractivity contribution in [2.75, 3.05) is 17.4 Å². The number of allylic oxidation sites excluding steroid dienone is 1. The third kappa shape index (κ3) is 12.0. The van der Waals surface area contributed by atoms with Gasteiger partial charge in [-0.2, -0.15) is 0 Å². The number of hydrogen-bond donors (Lipinski definition) is 0. The van der Waals surface area contributed by atoms with Crippen molar-refractivity contribution in [3.63, 3.8) is 0 Å². The number of carbonyl (C=O) groups excluding carboxylic acids is 1. The Balaban J connectivity index is 1.37. The van der Waals surface area contributed by atoms with Crippen molar-refractivity contribution in [2.45, 2.75) is 117 Å². The zero-order valence-electron chi connectivity index (χ0n) is 25.3. The van der Waals surface area contributed by atoms with Gasteiger partial charge in [0.1, 0.15) is 5.75 Å². The highest BCUT2D eigenvalue weighted by atomic mass is 32.2. The molecule has 0 atom stereocenters. The zero-order valence-corrected chi connectivity index (χ0v) is 26.2. The van der Waals surface area contributed by atoms with Crippen molar-refractivity contribution in [3.05, 3.63) is 70.8 Å². The fraction of sp³-hybridized carbons (Fsp3) is 0.571. The summed E-state index contributed by atoms with van der Waals surface area (Å²) in [5.41, 5.74) is 3.29. The fourth-order valence-corrected chi connectivity index (χ4v) is 5.94. The Bertz CT molecular complexity index is 1020. The predicted molar refractivity (Wildman–Crippen MR) is 173 cm³/mol. The molecule has 0 fully saturated rings. The van der Waals surface area contributed by atoms with Gasteiger partial charge in [0.05, 0.1) is 19.0 Å². The average molecular weight is 565 g/mol. The summed E-state index contributed by atoms with van der Waals surface area (Å²) in [6, 6.07) is 16.7. The monoisotopic (exact) mass is 564 g/mol. The number of hydrogen-bond acceptors (Lipinski definition) is 4. The number of thioether (sulfide) groups is 1. The van der Waals surface area contributed by atoms with Gasteiger partial charge in [-0.25, -0.2) is 0 Å². The van der Waals surface area contributed by atoms with E-state index in [2.05, 4.69) is 55.3 Å². The van der Waals surface area contributed by atoms with Gasteiger partial charge in [0.2, 0.25) is 5.91 Å². The van der Waals surface area contributed by atoms with Gasteiger partial charge < -0.3 is 14.5 Å². The van der Waals surface area contributed by atoms with Gasteiger partial charge in [-0.1, -0.05) is 109 Å². The molecule has 0 bridgehead atoms. The van der Waals surface area contributed by atoms with E-state index in [4.69, 9.17) is 4.74 Å². The van der Waals surface area contributed by atoms with Crippen LogP contribution in [0, 0.1) is 0 Å². The molecule has 220 valence electrons. The summed E-state index contributed by atoms with van der Waals surface area (Å²) in [5.74, 6) is 2.03. The maximum atomic E-state index is 12.9. The molecular formula is C35H52N2O2S. The molecule has 0 unspecified atom stereocenters. The molecule has 0 saturated heterocycles. The van der Waals surface area contributed by atoms with Gasteiger partial charge in [0, 0.05) is 24.9 Å². The van der Waals surface area contributed by atoms with Gasteiger partial charge in [-0.15, -0.1) is 11.8 Å². The Hall–Kier alpha value is -2.40. The zero-order chi connectivity index (χ0) is 28.4. The minimum Gasteiger partial charge on any atom is -0.494 e. The average Bonchev–Trinajstić information content (AvgIpc) is 3.38. The number of benzene rings is 2. The van der Waals surface area contributed by atoms with Gasteiger partial charge in [0.15, 0.2) is 0 Å². The van der Waals surface area contributed by atoms with Crippen molar-refractivity contribution >= 4 is 23.4 Å². The van der Waals surface area contributed by atoms with Gasteiger partial charge in [-0.3, -0.25) is 4.79 Å². The molecule has 0 aliphatic carbocycles. The molecule has 1 aliphatic rings. The summed E-state index contributed by atoms with van der Waals surface area (Å²) in [6.45, 7) is 8.56. The highest BCUT2D eigenvalue weighted by Gasteiger charge is 2.16. The Morgan fingerprint density at radius 3 is 2.10 bits per heavy atom. The summed E-state index contributed by atoms with van der Waals surface area (Å²) in [7, 11) is 0. The first-order chi connectivity index (χ1) is 19.6. The van der Waals surface area contributed by atoms with Crippen molar-refractivity contribution in [1.82, 2.24) is 4.90 Å². The number of ether oxygens (including phenoxy) is 1. The molecule has 1 heterocycles. The van der Waals surface area contributed by atoms with Crippen LogP contribution in [0.1, 0.15) is 115 Å². The third-order valence-electron chi connectivity index (χ3n) is 7.56. The summed E-state index contributed by atoms with van der Waals surface area (Å²) in [4.78, 5) is 18.5. The standard InChI is InChI=1S/C35H52N2O2S/c1-4-6-7-8-9-10-11-12-13-14-15-16-24-39-34-22-20-31(21-23-34)28-37(35(38)5-2)33-19-17-18-32(25-33)27-36-26-30(3)40-29-36/h17-23,25-26H,4-16,24,27-29H2,1-3H3. The first-order valence-electron chi connectivity index (χ1n) is 15.8. The van der Waals surface area contributed by atoms with E-state index in [0.29, 0.717) is 13.0 Å². The van der Waals surface area contributed by atoms with Gasteiger partial charge in [-0.05, 0) is 53.6 Å². The van der Waals surface area contributed by atoms with E-state index >= 15 is 0 Å². The van der Waals surface area contributed by atoms with Gasteiger partial charge >= 0.3 is 0 Å². The molecule has 0 saturated carbocycles. The van der Waals surface area contributed by atoms with Crippen LogP contribution in [0.2, 0.25) is 0 Å². The molecule has 4 nitrogen and oxygen atoms in total. The van der Waals surface area contributed by atoms with Crippen LogP contribution < -0.4 is 9.64 Å². The Morgan fingerprint density at radius 2 is 1.50 bits per heavy atom. The molecule has 0 aromatic heterocycles. The fourth-order valence-electron chi connectivity index (χ4n) is 5.19. The number of unbranched alkanes of at least 4 members (excludes halogenated alkanes) is 11. The minimum atomic E-state index is 0.136. The van der Waals surface area contributed by atoms with E-state index in [0.717, 1.165) is 42.4 Å². The molecule has 3 rings (SSSR count). The highest BCUT2D eigenvalue weighted by Crippen LogP contribution is 2.27. The number of amides is 1. The summed E-state index contributed by atoms with van der Waals surface area (Å²) < 4.78 is 6.01. The van der Waals surface area contributed by atoms with Crippen molar-refractivity contribution in [3.8, 4) is 5.75 Å². The number of anilines is 1. The topological polar surface area (TPSA) is 32.8 Å². The van der Waals surface area contributed by atoms with E-state index in [1.165, 1.54) is 81.1 Å². The van der Waals surface area contributed by atoms with Crippen LogP contribution in [0.25, 0.3) is 0 Å². The Morgan fingerprint density at radius 1 is 0.850 bits per heavy atom. The smallest absolute Gasteiger partial charge is 0.227 e. The van der Waals surface area contributed by atoms with Crippen LogP contribution in [0.3, 0.4) is 0 Å². The lowest BCUT2D eigenvalue weighted by Gasteiger charge is -2.24. The van der Waals surface area contributed by atoms with Crippen molar-refractivity contribution in [2.24, 2.45) is 0 Å². The lowest BCUT2D eigenvalue weighted by molar-refractivity contribution is -0.118. The van der Waals surface area contributed by atoms with Crippen LogP contribution in [0.15, 0.2) is 59.6 Å². The highest BCUT2D eigenvalue weighted by molar-refractivity contribution is 8.03. The molecule has 0 N–H and O–H groups in total. The van der Waals surface area contributed by atoms with Gasteiger partial charge in [0.25, 0.3) is 0 Å². The summed E-state index contributed by atoms with van der Waals surface area (Å²) in [6.07, 6.45) is 18.9. The minimum absolute atomic E-state index is 0.136. The molecule has 0 radical (unpaired) electrons.